The zero-order valence-electron chi connectivity index (χ0n) is 9.36. The summed E-state index contributed by atoms with van der Waals surface area (Å²) < 4.78 is 35.4. The third-order valence-corrected chi connectivity index (χ3v) is 2.51. The second-order valence-corrected chi connectivity index (χ2v) is 4.76. The molecule has 94 valence electrons. The smallest absolute Gasteiger partial charge is 0.309 e. The molecule has 0 spiro atoms. The summed E-state index contributed by atoms with van der Waals surface area (Å²) >= 11 is 0. The molecule has 0 aromatic heterocycles. The van der Waals surface area contributed by atoms with E-state index >= 15 is 0 Å². The van der Waals surface area contributed by atoms with E-state index < -0.39 is 10.1 Å². The van der Waals surface area contributed by atoms with Crippen molar-refractivity contribution in [3.05, 3.63) is 24.3 Å². The van der Waals surface area contributed by atoms with Gasteiger partial charge in [-0.05, 0) is 24.3 Å². The first kappa shape index (κ1) is 13.3. The van der Waals surface area contributed by atoms with Crippen LogP contribution in [-0.2, 0) is 10.1 Å². The van der Waals surface area contributed by atoms with Gasteiger partial charge >= 0.3 is 6.02 Å². The molecule has 1 rings (SSSR count). The summed E-state index contributed by atoms with van der Waals surface area (Å²) in [5, 5.41) is 5.24. The fraction of sp³-hybridized carbons (Fsp3) is 0.222. The number of ether oxygens (including phenoxy) is 1. The third kappa shape index (κ3) is 4.29. The van der Waals surface area contributed by atoms with Crippen LogP contribution in [0, 0.1) is 0 Å². The summed E-state index contributed by atoms with van der Waals surface area (Å²) in [4.78, 5) is -0.215. The van der Waals surface area contributed by atoms with Crippen molar-refractivity contribution in [3.8, 4) is 5.75 Å². The van der Waals surface area contributed by atoms with E-state index in [9.17, 15) is 8.42 Å². The average molecular weight is 259 g/mol. The van der Waals surface area contributed by atoms with Crippen LogP contribution in [0.5, 0.6) is 5.75 Å². The van der Waals surface area contributed by atoms with Crippen LogP contribution in [0.3, 0.4) is 0 Å². The zero-order chi connectivity index (χ0) is 13.1. The van der Waals surface area contributed by atoms with Gasteiger partial charge in [-0.2, -0.15) is 8.42 Å². The molecule has 0 fully saturated rings. The zero-order valence-corrected chi connectivity index (χ0v) is 10.2. The summed E-state index contributed by atoms with van der Waals surface area (Å²) in [5.41, 5.74) is 5.45. The second-order valence-electron chi connectivity index (χ2n) is 3.33. The summed E-state index contributed by atoms with van der Waals surface area (Å²) in [5.74, 6) is 0.320. The Morgan fingerprint density at radius 1 is 1.35 bits per heavy atom. The predicted octanol–water partition coefficient (Wildman–Crippen LogP) is 0.103. The molecular formula is C9H13N3O4S. The van der Waals surface area contributed by atoms with Crippen LogP contribution in [0.15, 0.2) is 34.3 Å². The van der Waals surface area contributed by atoms with Gasteiger partial charge in [0.05, 0.1) is 4.90 Å². The van der Waals surface area contributed by atoms with Gasteiger partial charge in [-0.1, -0.05) is 0 Å². The summed E-state index contributed by atoms with van der Waals surface area (Å²) in [7, 11) is -0.836. The van der Waals surface area contributed by atoms with Gasteiger partial charge in [-0.3, -0.25) is 9.56 Å². The van der Waals surface area contributed by atoms with Gasteiger partial charge in [-0.15, -0.1) is 5.10 Å². The van der Waals surface area contributed by atoms with Crippen molar-refractivity contribution in [1.82, 2.24) is 5.01 Å². The lowest BCUT2D eigenvalue weighted by Crippen LogP contribution is -2.23. The van der Waals surface area contributed by atoms with E-state index in [1.165, 1.54) is 29.3 Å². The Morgan fingerprint density at radius 2 is 1.88 bits per heavy atom. The van der Waals surface area contributed by atoms with Gasteiger partial charge in [0, 0.05) is 14.1 Å². The van der Waals surface area contributed by atoms with Crippen LogP contribution < -0.4 is 10.5 Å². The molecule has 8 heteroatoms. The van der Waals surface area contributed by atoms with Crippen molar-refractivity contribution in [2.24, 2.45) is 10.8 Å². The maximum Gasteiger partial charge on any atom is 0.309 e. The van der Waals surface area contributed by atoms with Gasteiger partial charge in [0.1, 0.15) is 5.75 Å². The standard InChI is InChI=1S/C9H13N3O4S/c1-12(2)11-9(10)16-7-3-5-8(6-4-7)17(13,14)15/h3-6H,1-2H3,(H2,10,11)(H,13,14,15). The Kier molecular flexibility index (Phi) is 3.92. The predicted molar refractivity (Wildman–Crippen MR) is 62.2 cm³/mol. The van der Waals surface area contributed by atoms with Crippen LogP contribution in [0.2, 0.25) is 0 Å². The van der Waals surface area contributed by atoms with Crippen molar-refractivity contribution < 1.29 is 17.7 Å². The van der Waals surface area contributed by atoms with Crippen LogP contribution in [0.4, 0.5) is 0 Å². The summed E-state index contributed by atoms with van der Waals surface area (Å²) in [6.45, 7) is 0. The summed E-state index contributed by atoms with van der Waals surface area (Å²) in [6, 6.07) is 5.05. The van der Waals surface area contributed by atoms with Crippen molar-refractivity contribution in [1.29, 1.82) is 0 Å². The van der Waals surface area contributed by atoms with E-state index in [0.29, 0.717) is 5.75 Å². The minimum absolute atomic E-state index is 0.0744. The van der Waals surface area contributed by atoms with Gasteiger partial charge in [0.15, 0.2) is 0 Å². The fourth-order valence-corrected chi connectivity index (χ4v) is 1.50. The first-order chi connectivity index (χ1) is 7.79. The Morgan fingerprint density at radius 3 is 2.29 bits per heavy atom. The molecule has 1 aromatic rings. The van der Waals surface area contributed by atoms with Crippen LogP contribution in [0.25, 0.3) is 0 Å². The fourth-order valence-electron chi connectivity index (χ4n) is 1.02. The molecule has 0 aliphatic heterocycles. The molecule has 0 bridgehead atoms. The van der Waals surface area contributed by atoms with Crippen LogP contribution in [0.1, 0.15) is 0 Å². The molecule has 17 heavy (non-hydrogen) atoms. The minimum Gasteiger partial charge on any atom is -0.425 e. The van der Waals surface area contributed by atoms with E-state index in [4.69, 9.17) is 15.0 Å². The van der Waals surface area contributed by atoms with E-state index in [2.05, 4.69) is 5.10 Å². The molecule has 0 radical (unpaired) electrons. The van der Waals surface area contributed by atoms with E-state index in [1.54, 1.807) is 14.1 Å². The maximum atomic E-state index is 10.8. The molecule has 0 atom stereocenters. The number of hydrazone groups is 1. The van der Waals surface area contributed by atoms with Crippen molar-refractivity contribution in [2.45, 2.75) is 4.90 Å². The summed E-state index contributed by atoms with van der Waals surface area (Å²) in [6.07, 6.45) is 0. The first-order valence-corrected chi connectivity index (χ1v) is 6.00. The topological polar surface area (TPSA) is 105 Å². The van der Waals surface area contributed by atoms with E-state index in [0.717, 1.165) is 0 Å². The average Bonchev–Trinajstić information content (AvgIpc) is 2.15. The Hall–Kier alpha value is -1.80. The number of nitrogens with zero attached hydrogens (tertiary/aromatic N) is 2. The highest BCUT2D eigenvalue weighted by atomic mass is 32.2. The highest BCUT2D eigenvalue weighted by Gasteiger charge is 2.09. The Bertz CT molecular complexity index is 508. The lowest BCUT2D eigenvalue weighted by Gasteiger charge is -2.08. The quantitative estimate of drug-likeness (QED) is 0.345. The van der Waals surface area contributed by atoms with E-state index in [-0.39, 0.29) is 10.9 Å². The number of rotatable bonds is 3. The maximum absolute atomic E-state index is 10.8. The number of hydrogen-bond acceptors (Lipinski definition) is 5. The molecule has 0 amide bonds. The molecule has 0 aliphatic carbocycles. The van der Waals surface area contributed by atoms with Gasteiger partial charge in [-0.25, -0.2) is 0 Å². The minimum atomic E-state index is -4.19. The molecule has 0 aliphatic rings. The molecule has 3 N–H and O–H groups in total. The number of amidine groups is 1. The Labute approximate surface area is 99.2 Å². The highest BCUT2D eigenvalue weighted by molar-refractivity contribution is 7.85. The monoisotopic (exact) mass is 259 g/mol. The molecule has 0 saturated carbocycles. The Balaban J connectivity index is 2.83. The first-order valence-electron chi connectivity index (χ1n) is 4.56. The molecule has 0 heterocycles. The molecule has 0 saturated heterocycles. The second kappa shape index (κ2) is 5.02. The molecular weight excluding hydrogens is 246 g/mol. The van der Waals surface area contributed by atoms with Gasteiger partial charge in [0.25, 0.3) is 10.1 Å². The number of hydrogen-bond donors (Lipinski definition) is 2. The number of nitrogens with two attached hydrogens (primary N) is 1. The van der Waals surface area contributed by atoms with Gasteiger partial charge < -0.3 is 10.5 Å². The SMILES string of the molecule is CN(C)N=C(N)Oc1ccc(S(=O)(=O)O)cc1. The third-order valence-electron chi connectivity index (χ3n) is 1.64. The largest absolute Gasteiger partial charge is 0.425 e. The van der Waals surface area contributed by atoms with Crippen molar-refractivity contribution >= 4 is 16.1 Å². The van der Waals surface area contributed by atoms with Crippen molar-refractivity contribution in [3.63, 3.8) is 0 Å². The van der Waals surface area contributed by atoms with Crippen LogP contribution in [-0.4, -0.2) is 38.1 Å². The lowest BCUT2D eigenvalue weighted by molar-refractivity contribution is 0.410. The van der Waals surface area contributed by atoms with Crippen molar-refractivity contribution in [2.75, 3.05) is 14.1 Å². The lowest BCUT2D eigenvalue weighted by atomic mass is 10.3. The van der Waals surface area contributed by atoms with Crippen LogP contribution >= 0.6 is 0 Å². The van der Waals surface area contributed by atoms with Gasteiger partial charge in [0.2, 0.25) is 0 Å². The van der Waals surface area contributed by atoms with E-state index in [1.807, 2.05) is 0 Å². The molecule has 1 aromatic carbocycles. The highest BCUT2D eigenvalue weighted by Crippen LogP contribution is 2.15. The molecule has 7 nitrogen and oxygen atoms in total. The normalized spacial score (nSPS) is 12.3. The number of benzene rings is 1. The molecule has 0 unspecified atom stereocenters.